The van der Waals surface area contributed by atoms with Gasteiger partial charge in [-0.05, 0) is 31.2 Å². The summed E-state index contributed by atoms with van der Waals surface area (Å²) in [6, 6.07) is 21.4. The standard InChI is InChI=1S/C16H18P/c1-14(2)17(3,15-10-6-4-7-11-15)16-12-8-5-9-13-16/h4-13H,1H2,2-3H3/q+1. The molecular formula is C16H18P+. The maximum atomic E-state index is 4.23. The first kappa shape index (κ1) is 12.1. The van der Waals surface area contributed by atoms with Crippen molar-refractivity contribution in [3.8, 4) is 0 Å². The van der Waals surface area contributed by atoms with Gasteiger partial charge in [0, 0.05) is 0 Å². The van der Waals surface area contributed by atoms with Gasteiger partial charge in [0.1, 0.15) is 17.9 Å². The zero-order valence-corrected chi connectivity index (χ0v) is 11.3. The molecule has 2 rings (SSSR count). The largest absolute Gasteiger partial charge is 0.104 e. The second-order valence-electron chi connectivity index (χ2n) is 4.41. The highest BCUT2D eigenvalue weighted by atomic mass is 31.2. The van der Waals surface area contributed by atoms with Crippen LogP contribution in [-0.4, -0.2) is 6.66 Å². The van der Waals surface area contributed by atoms with Crippen LogP contribution in [0.1, 0.15) is 6.92 Å². The average Bonchev–Trinajstić information content (AvgIpc) is 2.39. The molecular weight excluding hydrogens is 223 g/mol. The third-order valence-electron chi connectivity index (χ3n) is 3.31. The molecule has 0 N–H and O–H groups in total. The Morgan fingerprint density at radius 1 is 0.824 bits per heavy atom. The van der Waals surface area contributed by atoms with E-state index in [1.807, 2.05) is 0 Å². The van der Waals surface area contributed by atoms with Gasteiger partial charge < -0.3 is 0 Å². The van der Waals surface area contributed by atoms with E-state index in [1.54, 1.807) is 0 Å². The molecule has 0 aliphatic rings. The van der Waals surface area contributed by atoms with Crippen molar-refractivity contribution in [2.75, 3.05) is 6.66 Å². The monoisotopic (exact) mass is 241 g/mol. The molecule has 0 radical (unpaired) electrons. The predicted molar refractivity (Wildman–Crippen MR) is 79.8 cm³/mol. The second kappa shape index (κ2) is 4.85. The first-order chi connectivity index (χ1) is 8.15. The summed E-state index contributed by atoms with van der Waals surface area (Å²) in [4.78, 5) is 0. The first-order valence-electron chi connectivity index (χ1n) is 5.79. The Kier molecular flexibility index (Phi) is 3.45. The molecule has 0 amide bonds. The molecule has 1 heteroatoms. The zero-order valence-electron chi connectivity index (χ0n) is 10.4. The van der Waals surface area contributed by atoms with E-state index in [0.717, 1.165) is 0 Å². The fraction of sp³-hybridized carbons (Fsp3) is 0.125. The van der Waals surface area contributed by atoms with Crippen LogP contribution < -0.4 is 10.6 Å². The molecule has 0 aliphatic carbocycles. The predicted octanol–water partition coefficient (Wildman–Crippen LogP) is 3.82. The van der Waals surface area contributed by atoms with Gasteiger partial charge in [0.05, 0.1) is 12.0 Å². The van der Waals surface area contributed by atoms with Gasteiger partial charge >= 0.3 is 0 Å². The normalized spacial score (nSPS) is 11.2. The van der Waals surface area contributed by atoms with E-state index in [0.29, 0.717) is 0 Å². The Morgan fingerprint density at radius 2 is 1.18 bits per heavy atom. The topological polar surface area (TPSA) is 0 Å². The van der Waals surface area contributed by atoms with Crippen molar-refractivity contribution in [1.29, 1.82) is 0 Å². The maximum absolute atomic E-state index is 4.23. The van der Waals surface area contributed by atoms with Crippen LogP contribution in [0.2, 0.25) is 0 Å². The third kappa shape index (κ3) is 2.18. The average molecular weight is 241 g/mol. The van der Waals surface area contributed by atoms with Crippen molar-refractivity contribution < 1.29 is 0 Å². The molecule has 0 fully saturated rings. The van der Waals surface area contributed by atoms with E-state index in [1.165, 1.54) is 15.9 Å². The van der Waals surface area contributed by atoms with E-state index in [2.05, 4.69) is 80.8 Å². The Bertz CT molecular complexity index is 460. The highest BCUT2D eigenvalue weighted by molar-refractivity contribution is 7.92. The summed E-state index contributed by atoms with van der Waals surface area (Å²) in [6.07, 6.45) is 0. The molecule has 0 bridgehead atoms. The second-order valence-corrected chi connectivity index (χ2v) is 8.22. The van der Waals surface area contributed by atoms with Crippen LogP contribution in [0.5, 0.6) is 0 Å². The molecule has 0 aromatic heterocycles. The van der Waals surface area contributed by atoms with Crippen molar-refractivity contribution >= 4 is 17.9 Å². The molecule has 0 nitrogen and oxygen atoms in total. The van der Waals surface area contributed by atoms with E-state index >= 15 is 0 Å². The minimum absolute atomic E-state index is 1.27. The summed E-state index contributed by atoms with van der Waals surface area (Å²) in [5.41, 5.74) is 0. The summed E-state index contributed by atoms with van der Waals surface area (Å²) in [5, 5.41) is 4.08. The molecule has 2 aromatic carbocycles. The van der Waals surface area contributed by atoms with Crippen molar-refractivity contribution in [3.63, 3.8) is 0 Å². The molecule has 2 aromatic rings. The smallest absolute Gasteiger partial charge is 0.0620 e. The van der Waals surface area contributed by atoms with Crippen molar-refractivity contribution in [2.24, 2.45) is 0 Å². The Hall–Kier alpha value is -1.39. The summed E-state index contributed by atoms with van der Waals surface area (Å²) in [7, 11) is -1.44. The van der Waals surface area contributed by atoms with Gasteiger partial charge in [0.2, 0.25) is 0 Å². The van der Waals surface area contributed by atoms with Gasteiger partial charge in [-0.15, -0.1) is 0 Å². The van der Waals surface area contributed by atoms with Crippen molar-refractivity contribution in [1.82, 2.24) is 0 Å². The SMILES string of the molecule is C=C(C)[P+](C)(c1ccccc1)c1ccccc1. The van der Waals surface area contributed by atoms with Gasteiger partial charge in [-0.2, -0.15) is 0 Å². The number of hydrogen-bond donors (Lipinski definition) is 0. The molecule has 17 heavy (non-hydrogen) atoms. The minimum Gasteiger partial charge on any atom is -0.0620 e. The first-order valence-corrected chi connectivity index (χ1v) is 8.03. The summed E-state index contributed by atoms with van der Waals surface area (Å²) >= 11 is 0. The van der Waals surface area contributed by atoms with Crippen molar-refractivity contribution in [3.05, 3.63) is 72.6 Å². The van der Waals surface area contributed by atoms with Crippen LogP contribution in [0.3, 0.4) is 0 Å². The lowest BCUT2D eigenvalue weighted by Crippen LogP contribution is -2.21. The Morgan fingerprint density at radius 3 is 1.47 bits per heavy atom. The minimum atomic E-state index is -1.44. The molecule has 0 atom stereocenters. The molecule has 86 valence electrons. The van der Waals surface area contributed by atoms with E-state index < -0.39 is 7.26 Å². The lowest BCUT2D eigenvalue weighted by Gasteiger charge is -2.22. The Labute approximate surface area is 104 Å². The lowest BCUT2D eigenvalue weighted by molar-refractivity contribution is 1.65. The number of allylic oxidation sites excluding steroid dienone is 1. The molecule has 0 spiro atoms. The molecule has 0 unspecified atom stereocenters. The maximum Gasteiger partial charge on any atom is 0.104 e. The third-order valence-corrected chi connectivity index (χ3v) is 7.50. The van der Waals surface area contributed by atoms with Gasteiger partial charge in [0.25, 0.3) is 0 Å². The number of benzene rings is 2. The van der Waals surface area contributed by atoms with E-state index in [4.69, 9.17) is 0 Å². The van der Waals surface area contributed by atoms with Crippen LogP contribution in [0, 0.1) is 0 Å². The molecule has 0 aliphatic heterocycles. The van der Waals surface area contributed by atoms with Crippen LogP contribution in [0.4, 0.5) is 0 Å². The molecule has 0 heterocycles. The van der Waals surface area contributed by atoms with Gasteiger partial charge in [0.15, 0.2) is 0 Å². The lowest BCUT2D eigenvalue weighted by atomic mass is 10.4. The van der Waals surface area contributed by atoms with Gasteiger partial charge in [-0.1, -0.05) is 43.0 Å². The fourth-order valence-corrected chi connectivity index (χ4v) is 4.76. The van der Waals surface area contributed by atoms with Crippen LogP contribution >= 0.6 is 7.26 Å². The molecule has 0 saturated carbocycles. The van der Waals surface area contributed by atoms with Gasteiger partial charge in [-0.3, -0.25) is 0 Å². The quantitative estimate of drug-likeness (QED) is 0.717. The summed E-state index contributed by atoms with van der Waals surface area (Å²) in [6.45, 7) is 8.72. The zero-order chi connectivity index (χ0) is 12.3. The molecule has 0 saturated heterocycles. The van der Waals surface area contributed by atoms with Crippen molar-refractivity contribution in [2.45, 2.75) is 6.92 Å². The van der Waals surface area contributed by atoms with E-state index in [9.17, 15) is 0 Å². The van der Waals surface area contributed by atoms with Crippen LogP contribution in [-0.2, 0) is 0 Å². The fourth-order valence-electron chi connectivity index (χ4n) is 2.04. The summed E-state index contributed by atoms with van der Waals surface area (Å²) in [5.74, 6) is 0. The highest BCUT2D eigenvalue weighted by Crippen LogP contribution is 2.59. The highest BCUT2D eigenvalue weighted by Gasteiger charge is 2.38. The Balaban J connectivity index is 2.59. The van der Waals surface area contributed by atoms with Crippen LogP contribution in [0.15, 0.2) is 72.6 Å². The summed E-state index contributed by atoms with van der Waals surface area (Å²) < 4.78 is 0. The van der Waals surface area contributed by atoms with Gasteiger partial charge in [-0.25, -0.2) is 0 Å². The number of rotatable bonds is 3. The number of hydrogen-bond acceptors (Lipinski definition) is 0. The van der Waals surface area contributed by atoms with Crippen LogP contribution in [0.25, 0.3) is 0 Å². The van der Waals surface area contributed by atoms with E-state index in [-0.39, 0.29) is 0 Å².